The van der Waals surface area contributed by atoms with Crippen LogP contribution in [-0.2, 0) is 4.79 Å². The van der Waals surface area contributed by atoms with Gasteiger partial charge in [0, 0.05) is 47.6 Å². The summed E-state index contributed by atoms with van der Waals surface area (Å²) in [6, 6.07) is 19.9. The minimum absolute atomic E-state index is 0.115. The van der Waals surface area contributed by atoms with Crippen molar-refractivity contribution in [2.24, 2.45) is 5.92 Å². The fourth-order valence-corrected chi connectivity index (χ4v) is 6.87. The number of fused-ring (bicyclic) bond motifs is 3. The Morgan fingerprint density at radius 1 is 1.07 bits per heavy atom. The highest BCUT2D eigenvalue weighted by molar-refractivity contribution is 6.01. The number of benzene rings is 2. The molecular weight excluding hydrogens is 526 g/mol. The largest absolute Gasteiger partial charge is 0.490 e. The summed E-state index contributed by atoms with van der Waals surface area (Å²) >= 11 is 0. The van der Waals surface area contributed by atoms with Gasteiger partial charge in [-0.05, 0) is 79.8 Å². The molecule has 3 atom stereocenters. The number of nitrogens with one attached hydrogen (secondary N) is 2. The Hall–Kier alpha value is -4.20. The zero-order valence-electron chi connectivity index (χ0n) is 24.3. The van der Waals surface area contributed by atoms with Crippen molar-refractivity contribution in [1.29, 1.82) is 0 Å². The molecular formula is C34H39N5O3. The molecule has 0 saturated carbocycles. The minimum atomic E-state index is -0.161. The third-order valence-electron chi connectivity index (χ3n) is 9.18. The summed E-state index contributed by atoms with van der Waals surface area (Å²) < 4.78 is 6.38. The lowest BCUT2D eigenvalue weighted by Gasteiger charge is -2.46. The molecule has 8 nitrogen and oxygen atoms in total. The SMILES string of the molecule is CCC(CC)C(NC(=O)c1ccc2[nH]nc(-c3ccc(OC4CC5CCCC(C4)N5C=O)cc3)c2c1)c1ccccn1. The Kier molecular flexibility index (Phi) is 8.22. The highest BCUT2D eigenvalue weighted by Crippen LogP contribution is 2.35. The molecule has 2 fully saturated rings. The molecule has 0 radical (unpaired) electrons. The van der Waals surface area contributed by atoms with Gasteiger partial charge in [-0.15, -0.1) is 0 Å². The molecule has 0 spiro atoms. The number of piperidine rings is 2. The fourth-order valence-electron chi connectivity index (χ4n) is 6.87. The number of pyridine rings is 1. The Morgan fingerprint density at radius 2 is 1.83 bits per heavy atom. The van der Waals surface area contributed by atoms with E-state index in [9.17, 15) is 9.59 Å². The summed E-state index contributed by atoms with van der Waals surface area (Å²) in [5.41, 5.74) is 4.08. The lowest BCUT2D eigenvalue weighted by Crippen LogP contribution is -2.53. The van der Waals surface area contributed by atoms with Crippen LogP contribution in [0.25, 0.3) is 22.2 Å². The highest BCUT2D eigenvalue weighted by atomic mass is 16.5. The third-order valence-corrected chi connectivity index (χ3v) is 9.18. The number of aromatic amines is 1. The van der Waals surface area contributed by atoms with Crippen LogP contribution in [0.3, 0.4) is 0 Å². The highest BCUT2D eigenvalue weighted by Gasteiger charge is 2.38. The van der Waals surface area contributed by atoms with Gasteiger partial charge in [-0.2, -0.15) is 5.10 Å². The van der Waals surface area contributed by atoms with Gasteiger partial charge in [-0.25, -0.2) is 0 Å². The Balaban J connectivity index is 1.19. The van der Waals surface area contributed by atoms with E-state index in [-0.39, 0.29) is 36.1 Å². The lowest BCUT2D eigenvalue weighted by molar-refractivity contribution is -0.129. The van der Waals surface area contributed by atoms with Gasteiger partial charge >= 0.3 is 0 Å². The van der Waals surface area contributed by atoms with Crippen molar-refractivity contribution in [3.05, 3.63) is 78.1 Å². The number of amides is 2. The van der Waals surface area contributed by atoms with Crippen LogP contribution in [0, 0.1) is 5.92 Å². The summed E-state index contributed by atoms with van der Waals surface area (Å²) in [5, 5.41) is 11.9. The second-order valence-corrected chi connectivity index (χ2v) is 11.6. The molecule has 3 unspecified atom stereocenters. The lowest BCUT2D eigenvalue weighted by atomic mass is 9.83. The van der Waals surface area contributed by atoms with Crippen molar-refractivity contribution in [3.63, 3.8) is 0 Å². The van der Waals surface area contributed by atoms with Gasteiger partial charge in [0.25, 0.3) is 5.91 Å². The molecule has 42 heavy (non-hydrogen) atoms. The van der Waals surface area contributed by atoms with Crippen LogP contribution in [-0.4, -0.2) is 50.6 Å². The molecule has 2 aliphatic rings. The Bertz CT molecular complexity index is 1500. The summed E-state index contributed by atoms with van der Waals surface area (Å²) in [7, 11) is 0. The van der Waals surface area contributed by atoms with E-state index in [1.165, 1.54) is 6.42 Å². The number of hydrogen-bond donors (Lipinski definition) is 2. The first kappa shape index (κ1) is 27.9. The number of aromatic nitrogens is 3. The van der Waals surface area contributed by atoms with Crippen LogP contribution in [0.15, 0.2) is 66.9 Å². The Labute approximate surface area is 246 Å². The molecule has 2 amide bonds. The molecule has 2 bridgehead atoms. The zero-order chi connectivity index (χ0) is 29.1. The molecule has 2 aliphatic heterocycles. The van der Waals surface area contributed by atoms with E-state index in [1.54, 1.807) is 6.20 Å². The molecule has 4 heterocycles. The van der Waals surface area contributed by atoms with E-state index in [2.05, 4.69) is 34.3 Å². The van der Waals surface area contributed by atoms with Crippen LogP contribution >= 0.6 is 0 Å². The van der Waals surface area contributed by atoms with E-state index in [0.717, 1.165) is 78.5 Å². The predicted molar refractivity (Wildman–Crippen MR) is 163 cm³/mol. The van der Waals surface area contributed by atoms with Crippen molar-refractivity contribution in [3.8, 4) is 17.0 Å². The average molecular weight is 566 g/mol. The van der Waals surface area contributed by atoms with Gasteiger partial charge < -0.3 is 15.0 Å². The topological polar surface area (TPSA) is 100 Å². The van der Waals surface area contributed by atoms with Crippen LogP contribution in [0.4, 0.5) is 0 Å². The first-order valence-corrected chi connectivity index (χ1v) is 15.3. The molecule has 218 valence electrons. The van der Waals surface area contributed by atoms with E-state index in [4.69, 9.17) is 4.74 Å². The monoisotopic (exact) mass is 565 g/mol. The van der Waals surface area contributed by atoms with Crippen LogP contribution in [0.2, 0.25) is 0 Å². The quantitative estimate of drug-likeness (QED) is 0.215. The first-order valence-electron chi connectivity index (χ1n) is 15.3. The van der Waals surface area contributed by atoms with Crippen molar-refractivity contribution in [1.82, 2.24) is 25.4 Å². The maximum Gasteiger partial charge on any atom is 0.251 e. The Morgan fingerprint density at radius 3 is 2.50 bits per heavy atom. The first-order chi connectivity index (χ1) is 20.6. The van der Waals surface area contributed by atoms with Gasteiger partial charge in [-0.3, -0.25) is 19.7 Å². The summed E-state index contributed by atoms with van der Waals surface area (Å²) in [4.78, 5) is 31.6. The third kappa shape index (κ3) is 5.62. The van der Waals surface area contributed by atoms with E-state index in [0.29, 0.717) is 5.56 Å². The summed E-state index contributed by atoms with van der Waals surface area (Å²) in [6.45, 7) is 4.30. The van der Waals surface area contributed by atoms with Gasteiger partial charge in [0.15, 0.2) is 0 Å². The normalized spacial score (nSPS) is 20.8. The molecule has 0 aliphatic carbocycles. The zero-order valence-corrected chi connectivity index (χ0v) is 24.3. The predicted octanol–water partition coefficient (Wildman–Crippen LogP) is 6.45. The standard InChI is InChI=1S/C34H39N5O3/c1-3-22(4-2)33(31-10-5-6-17-35-31)36-34(41)24-13-16-30-29(18-24)32(38-37-30)23-11-14-27(15-12-23)42-28-19-25-8-7-9-26(20-28)39(25)21-40/h5-6,10-18,21-22,25-26,28,33H,3-4,7-9,19-20H2,1-2H3,(H,36,41)(H,37,38). The van der Waals surface area contributed by atoms with Gasteiger partial charge in [0.1, 0.15) is 11.9 Å². The van der Waals surface area contributed by atoms with Gasteiger partial charge in [0.2, 0.25) is 6.41 Å². The molecule has 2 aromatic carbocycles. The second-order valence-electron chi connectivity index (χ2n) is 11.6. The number of carbonyl (C=O) groups is 2. The molecule has 2 saturated heterocycles. The van der Waals surface area contributed by atoms with Crippen molar-refractivity contribution >= 4 is 23.2 Å². The fraction of sp³-hybridized carbons (Fsp3) is 0.412. The van der Waals surface area contributed by atoms with Crippen LogP contribution in [0.5, 0.6) is 5.75 Å². The minimum Gasteiger partial charge on any atom is -0.490 e. The number of carbonyl (C=O) groups excluding carboxylic acids is 2. The molecule has 4 aromatic rings. The number of H-pyrrole nitrogens is 1. The molecule has 8 heteroatoms. The molecule has 2 aromatic heterocycles. The number of hydrogen-bond acceptors (Lipinski definition) is 5. The van der Waals surface area contributed by atoms with Crippen molar-refractivity contribution in [2.75, 3.05) is 0 Å². The smallest absolute Gasteiger partial charge is 0.251 e. The number of nitrogens with zero attached hydrogens (tertiary/aromatic N) is 3. The van der Waals surface area contributed by atoms with E-state index >= 15 is 0 Å². The summed E-state index contributed by atoms with van der Waals surface area (Å²) in [6.07, 6.45) is 9.87. The van der Waals surface area contributed by atoms with Crippen molar-refractivity contribution < 1.29 is 14.3 Å². The second kappa shape index (κ2) is 12.3. The maximum atomic E-state index is 13.5. The van der Waals surface area contributed by atoms with Crippen LogP contribution in [0.1, 0.15) is 80.9 Å². The van der Waals surface area contributed by atoms with Gasteiger partial charge in [-0.1, -0.05) is 32.8 Å². The van der Waals surface area contributed by atoms with E-state index in [1.807, 2.05) is 65.6 Å². The van der Waals surface area contributed by atoms with Crippen molar-refractivity contribution in [2.45, 2.75) is 83.0 Å². The number of rotatable bonds is 10. The number of ether oxygens (including phenoxy) is 1. The van der Waals surface area contributed by atoms with Crippen LogP contribution < -0.4 is 10.1 Å². The molecule has 2 N–H and O–H groups in total. The van der Waals surface area contributed by atoms with Gasteiger partial charge in [0.05, 0.1) is 22.9 Å². The maximum absolute atomic E-state index is 13.5. The average Bonchev–Trinajstić information content (AvgIpc) is 3.45. The molecule has 6 rings (SSSR count). The van der Waals surface area contributed by atoms with E-state index < -0.39 is 0 Å². The summed E-state index contributed by atoms with van der Waals surface area (Å²) in [5.74, 6) is 0.985.